The molecule has 0 atom stereocenters. The van der Waals surface area contributed by atoms with Crippen molar-refractivity contribution in [1.29, 1.82) is 0 Å². The predicted octanol–water partition coefficient (Wildman–Crippen LogP) is 8.93. The van der Waals surface area contributed by atoms with E-state index in [0.29, 0.717) is 45.6 Å². The summed E-state index contributed by atoms with van der Waals surface area (Å²) < 4.78 is 88.2. The molecule has 0 fully saturated rings. The summed E-state index contributed by atoms with van der Waals surface area (Å²) in [5.41, 5.74) is -1.55. The lowest BCUT2D eigenvalue weighted by molar-refractivity contribution is -0.288. The van der Waals surface area contributed by atoms with E-state index in [1.807, 2.05) is 50.2 Å². The molecule has 2 heterocycles. The van der Waals surface area contributed by atoms with Crippen molar-refractivity contribution in [3.05, 3.63) is 107 Å². The maximum Gasteiger partial charge on any atom is 0.411 e. The number of anilines is 2. The van der Waals surface area contributed by atoms with Gasteiger partial charge in [-0.3, -0.25) is 9.59 Å². The van der Waals surface area contributed by atoms with Crippen LogP contribution in [0.1, 0.15) is 22.3 Å². The molecular formula is C35H28F6N6O2S2. The van der Waals surface area contributed by atoms with Gasteiger partial charge in [-0.25, -0.2) is 9.97 Å². The van der Waals surface area contributed by atoms with Crippen LogP contribution in [-0.2, 0) is 15.0 Å². The van der Waals surface area contributed by atoms with Crippen molar-refractivity contribution in [2.24, 2.45) is 0 Å². The van der Waals surface area contributed by atoms with Crippen LogP contribution >= 0.6 is 23.5 Å². The number of hydrogen-bond donors (Lipinski definition) is 4. The zero-order chi connectivity index (χ0) is 36.6. The van der Waals surface area contributed by atoms with Crippen LogP contribution in [0.15, 0.2) is 95.2 Å². The van der Waals surface area contributed by atoms with E-state index in [4.69, 9.17) is 0 Å². The van der Waals surface area contributed by atoms with E-state index < -0.39 is 40.7 Å². The second-order valence-electron chi connectivity index (χ2n) is 11.7. The van der Waals surface area contributed by atoms with E-state index in [9.17, 15) is 35.9 Å². The van der Waals surface area contributed by atoms with Crippen molar-refractivity contribution >= 4 is 68.8 Å². The van der Waals surface area contributed by atoms with Crippen LogP contribution in [0.4, 0.5) is 37.7 Å². The normalized spacial score (nSPS) is 12.4. The van der Waals surface area contributed by atoms with Crippen molar-refractivity contribution in [2.75, 3.05) is 22.1 Å². The average molecular weight is 743 g/mol. The Kier molecular flexibility index (Phi) is 9.83. The third-order valence-corrected chi connectivity index (χ3v) is 9.71. The van der Waals surface area contributed by atoms with Gasteiger partial charge in [-0.15, -0.1) is 0 Å². The van der Waals surface area contributed by atoms with Gasteiger partial charge in [0.1, 0.15) is 0 Å². The summed E-state index contributed by atoms with van der Waals surface area (Å²) >= 11 is 2.18. The standard InChI is InChI=1S/C35H28F6N6O2S2/c1-19-3-13-25-27(15-19)46-31(44-25)50-17-29(48)42-23-9-5-21(6-10-23)33(34(36,37)38,35(39,40)41)22-7-11-24(12-8-22)43-30(49)18-51-32-45-26-14-4-20(2)16-28(26)47-32/h3-16H,17-18H2,1-2H3,(H,42,48)(H,43,49)(H,44,46)(H,45,47). The Morgan fingerprint density at radius 1 is 0.608 bits per heavy atom. The molecule has 0 spiro atoms. The number of aryl methyl sites for hydroxylation is 2. The number of amides is 2. The SMILES string of the molecule is Cc1ccc2nc(SCC(=O)Nc3ccc(C(c4ccc(NC(=O)CSc5nc6ccc(C)cc6[nH]5)cc4)(C(F)(F)F)C(F)(F)F)cc3)[nH]c2c1. The number of benzene rings is 4. The molecule has 2 amide bonds. The number of nitrogens with one attached hydrogen (secondary N) is 4. The molecular weight excluding hydrogens is 715 g/mol. The first-order valence-electron chi connectivity index (χ1n) is 15.2. The number of halogens is 6. The van der Waals surface area contributed by atoms with Gasteiger partial charge in [0, 0.05) is 11.4 Å². The minimum Gasteiger partial charge on any atom is -0.333 e. The molecule has 2 aromatic heterocycles. The molecule has 0 aliphatic carbocycles. The summed E-state index contributed by atoms with van der Waals surface area (Å²) in [4.78, 5) is 40.1. The number of aromatic amines is 2. The number of carbonyl (C=O) groups excluding carboxylic acids is 2. The molecule has 4 N–H and O–H groups in total. The van der Waals surface area contributed by atoms with E-state index >= 15 is 0 Å². The number of hydrogen-bond acceptors (Lipinski definition) is 6. The summed E-state index contributed by atoms with van der Waals surface area (Å²) in [6.07, 6.45) is -11.6. The Balaban J connectivity index is 1.14. The molecule has 0 saturated carbocycles. The summed E-state index contributed by atoms with van der Waals surface area (Å²) in [6.45, 7) is 3.84. The molecule has 0 aliphatic heterocycles. The lowest BCUT2D eigenvalue weighted by atomic mass is 9.73. The second kappa shape index (κ2) is 14.0. The van der Waals surface area contributed by atoms with E-state index in [2.05, 4.69) is 30.6 Å². The van der Waals surface area contributed by atoms with Crippen LogP contribution in [0.3, 0.4) is 0 Å². The molecule has 6 rings (SSSR count). The number of thioether (sulfide) groups is 2. The molecule has 8 nitrogen and oxygen atoms in total. The molecule has 0 saturated heterocycles. The van der Waals surface area contributed by atoms with Gasteiger partial charge in [0.2, 0.25) is 17.2 Å². The first-order valence-corrected chi connectivity index (χ1v) is 17.2. The van der Waals surface area contributed by atoms with Crippen molar-refractivity contribution in [1.82, 2.24) is 19.9 Å². The fourth-order valence-electron chi connectivity index (χ4n) is 5.59. The number of nitrogens with zero attached hydrogens (tertiary/aromatic N) is 2. The fourth-order valence-corrected chi connectivity index (χ4v) is 6.96. The number of alkyl halides is 6. The Bertz CT molecular complexity index is 2060. The molecule has 0 radical (unpaired) electrons. The third-order valence-electron chi connectivity index (χ3n) is 7.97. The first kappa shape index (κ1) is 35.9. The second-order valence-corrected chi connectivity index (χ2v) is 13.6. The third kappa shape index (κ3) is 7.56. The van der Waals surface area contributed by atoms with Gasteiger partial charge >= 0.3 is 12.4 Å². The molecule has 264 valence electrons. The lowest BCUT2D eigenvalue weighted by Crippen LogP contribution is -2.54. The maximum absolute atomic E-state index is 14.7. The molecule has 4 aromatic carbocycles. The lowest BCUT2D eigenvalue weighted by Gasteiger charge is -2.38. The molecule has 0 unspecified atom stereocenters. The first-order chi connectivity index (χ1) is 24.1. The van der Waals surface area contributed by atoms with Crippen molar-refractivity contribution in [3.8, 4) is 0 Å². The van der Waals surface area contributed by atoms with Gasteiger partial charge < -0.3 is 20.6 Å². The summed E-state index contributed by atoms with van der Waals surface area (Å²) in [7, 11) is 0. The minimum absolute atomic E-state index is 0.0107. The highest BCUT2D eigenvalue weighted by Gasteiger charge is 2.72. The highest BCUT2D eigenvalue weighted by molar-refractivity contribution is 8.00. The van der Waals surface area contributed by atoms with Gasteiger partial charge in [-0.2, -0.15) is 26.3 Å². The van der Waals surface area contributed by atoms with Crippen molar-refractivity contribution in [3.63, 3.8) is 0 Å². The van der Waals surface area contributed by atoms with E-state index in [1.165, 1.54) is 0 Å². The van der Waals surface area contributed by atoms with Crippen LogP contribution in [0.5, 0.6) is 0 Å². The summed E-state index contributed by atoms with van der Waals surface area (Å²) in [6, 6.07) is 18.0. The van der Waals surface area contributed by atoms with Gasteiger partial charge in [-0.1, -0.05) is 59.9 Å². The Labute approximate surface area is 295 Å². The number of H-pyrrole nitrogens is 2. The maximum atomic E-state index is 14.7. The molecule has 6 aromatic rings. The number of aromatic nitrogens is 4. The Morgan fingerprint density at radius 3 is 1.33 bits per heavy atom. The zero-order valence-electron chi connectivity index (χ0n) is 26.8. The average Bonchev–Trinajstić information content (AvgIpc) is 3.66. The number of carbonyl (C=O) groups is 2. The topological polar surface area (TPSA) is 116 Å². The smallest absolute Gasteiger partial charge is 0.333 e. The Hall–Kier alpha value is -4.96. The summed E-state index contributed by atoms with van der Waals surface area (Å²) in [5, 5.41) is 5.94. The molecule has 16 heteroatoms. The van der Waals surface area contributed by atoms with Crippen LogP contribution in [-0.4, -0.2) is 55.6 Å². The predicted molar refractivity (Wildman–Crippen MR) is 186 cm³/mol. The number of imidazole rings is 2. The van der Waals surface area contributed by atoms with Crippen molar-refractivity contribution < 1.29 is 35.9 Å². The van der Waals surface area contributed by atoms with E-state index in [1.54, 1.807) is 0 Å². The van der Waals surface area contributed by atoms with Gasteiger partial charge in [0.15, 0.2) is 10.3 Å². The van der Waals surface area contributed by atoms with Crippen LogP contribution in [0.2, 0.25) is 0 Å². The van der Waals surface area contributed by atoms with Gasteiger partial charge in [0.05, 0.1) is 33.6 Å². The van der Waals surface area contributed by atoms with Crippen LogP contribution < -0.4 is 10.6 Å². The zero-order valence-corrected chi connectivity index (χ0v) is 28.4. The van der Waals surface area contributed by atoms with Gasteiger partial charge in [0.25, 0.3) is 0 Å². The Morgan fingerprint density at radius 2 is 0.980 bits per heavy atom. The fraction of sp³-hybridized carbons (Fsp3) is 0.200. The quantitative estimate of drug-likeness (QED) is 0.0824. The highest BCUT2D eigenvalue weighted by Crippen LogP contribution is 2.56. The highest BCUT2D eigenvalue weighted by atomic mass is 32.2. The van der Waals surface area contributed by atoms with Crippen LogP contribution in [0.25, 0.3) is 22.1 Å². The monoisotopic (exact) mass is 742 g/mol. The van der Waals surface area contributed by atoms with E-state index in [0.717, 1.165) is 69.9 Å². The van der Waals surface area contributed by atoms with Crippen LogP contribution in [0, 0.1) is 13.8 Å². The van der Waals surface area contributed by atoms with E-state index in [-0.39, 0.29) is 22.9 Å². The summed E-state index contributed by atoms with van der Waals surface area (Å²) in [5.74, 6) is -1.30. The minimum atomic E-state index is -5.82. The molecule has 51 heavy (non-hydrogen) atoms. The van der Waals surface area contributed by atoms with Gasteiger partial charge in [-0.05, 0) is 84.6 Å². The molecule has 0 bridgehead atoms. The van der Waals surface area contributed by atoms with Crippen molar-refractivity contribution in [2.45, 2.75) is 41.9 Å². The number of fused-ring (bicyclic) bond motifs is 2. The molecule has 0 aliphatic rings. The largest absolute Gasteiger partial charge is 0.411 e. The number of rotatable bonds is 10.